The average Bonchev–Trinajstić information content (AvgIpc) is 2.88. The molecular formula is C14H15BrClNS. The molecule has 1 N–H and O–H groups in total. The first-order valence-corrected chi connectivity index (χ1v) is 7.99. The molecule has 0 aliphatic heterocycles. The van der Waals surface area contributed by atoms with Gasteiger partial charge in [0.25, 0.3) is 0 Å². The van der Waals surface area contributed by atoms with Crippen LogP contribution in [0.4, 0.5) is 0 Å². The normalized spacial score (nSPS) is 12.6. The van der Waals surface area contributed by atoms with Gasteiger partial charge in [0.1, 0.15) is 0 Å². The lowest BCUT2D eigenvalue weighted by Gasteiger charge is -2.19. The molecule has 0 spiro atoms. The second kappa shape index (κ2) is 6.71. The summed E-state index contributed by atoms with van der Waals surface area (Å²) < 4.78 is 0.946. The third-order valence-corrected chi connectivity index (χ3v) is 4.97. The molecule has 0 saturated carbocycles. The van der Waals surface area contributed by atoms with Crippen LogP contribution < -0.4 is 5.32 Å². The summed E-state index contributed by atoms with van der Waals surface area (Å²) in [5, 5.41) is 6.45. The molecule has 0 aliphatic rings. The Kier molecular flexibility index (Phi) is 5.25. The first kappa shape index (κ1) is 14.1. The number of thiophene rings is 1. The summed E-state index contributed by atoms with van der Waals surface area (Å²) in [7, 11) is 0. The molecule has 1 heterocycles. The number of benzene rings is 1. The van der Waals surface area contributed by atoms with Gasteiger partial charge in [-0.15, -0.1) is 11.3 Å². The molecule has 1 aromatic heterocycles. The standard InChI is InChI=1S/C14H15BrClNS/c1-2-8-17-14(12-7-4-9-18-12)10-5-3-6-11(15)13(10)16/h3-7,9,14,17H,2,8H2,1H3. The third kappa shape index (κ3) is 3.15. The molecule has 96 valence electrons. The van der Waals surface area contributed by atoms with Gasteiger partial charge in [0.05, 0.1) is 11.1 Å². The van der Waals surface area contributed by atoms with Crippen LogP contribution >= 0.6 is 38.9 Å². The van der Waals surface area contributed by atoms with E-state index < -0.39 is 0 Å². The van der Waals surface area contributed by atoms with Gasteiger partial charge in [0, 0.05) is 9.35 Å². The highest BCUT2D eigenvalue weighted by atomic mass is 79.9. The van der Waals surface area contributed by atoms with Crippen LogP contribution in [0.15, 0.2) is 40.2 Å². The Morgan fingerprint density at radius 2 is 2.17 bits per heavy atom. The van der Waals surface area contributed by atoms with Crippen LogP contribution in [0.3, 0.4) is 0 Å². The summed E-state index contributed by atoms with van der Waals surface area (Å²) >= 11 is 11.6. The first-order chi connectivity index (χ1) is 8.74. The lowest BCUT2D eigenvalue weighted by molar-refractivity contribution is 0.606. The molecule has 1 aromatic carbocycles. The van der Waals surface area contributed by atoms with Gasteiger partial charge in [0.2, 0.25) is 0 Å². The van der Waals surface area contributed by atoms with Crippen molar-refractivity contribution in [2.45, 2.75) is 19.4 Å². The quantitative estimate of drug-likeness (QED) is 0.781. The second-order valence-electron chi connectivity index (χ2n) is 4.05. The van der Waals surface area contributed by atoms with Crippen molar-refractivity contribution in [3.63, 3.8) is 0 Å². The van der Waals surface area contributed by atoms with Crippen LogP contribution in [0.25, 0.3) is 0 Å². The van der Waals surface area contributed by atoms with E-state index in [9.17, 15) is 0 Å². The molecule has 0 saturated heterocycles. The van der Waals surface area contributed by atoms with Gasteiger partial charge >= 0.3 is 0 Å². The molecule has 1 nitrogen and oxygen atoms in total. The highest BCUT2D eigenvalue weighted by Crippen LogP contribution is 2.34. The minimum Gasteiger partial charge on any atom is -0.306 e. The predicted octanol–water partition coefficient (Wildman–Crippen LogP) is 5.25. The molecule has 0 aliphatic carbocycles. The average molecular weight is 345 g/mol. The van der Waals surface area contributed by atoms with E-state index in [0.29, 0.717) is 0 Å². The van der Waals surface area contributed by atoms with Gasteiger partial charge in [-0.25, -0.2) is 0 Å². The summed E-state index contributed by atoms with van der Waals surface area (Å²) in [5.74, 6) is 0. The molecule has 2 rings (SSSR count). The Morgan fingerprint density at radius 3 is 2.83 bits per heavy atom. The van der Waals surface area contributed by atoms with E-state index in [2.05, 4.69) is 51.7 Å². The van der Waals surface area contributed by atoms with E-state index in [1.165, 1.54) is 4.88 Å². The maximum Gasteiger partial charge on any atom is 0.0686 e. The fraction of sp³-hybridized carbons (Fsp3) is 0.286. The lowest BCUT2D eigenvalue weighted by Crippen LogP contribution is -2.22. The van der Waals surface area contributed by atoms with Crippen LogP contribution in [0.1, 0.15) is 29.8 Å². The van der Waals surface area contributed by atoms with Crippen LogP contribution in [0, 0.1) is 0 Å². The van der Waals surface area contributed by atoms with Gasteiger partial charge < -0.3 is 5.32 Å². The minimum absolute atomic E-state index is 0.176. The fourth-order valence-electron chi connectivity index (χ4n) is 1.85. The molecular weight excluding hydrogens is 330 g/mol. The van der Waals surface area contributed by atoms with Crippen molar-refractivity contribution in [3.8, 4) is 0 Å². The number of hydrogen-bond acceptors (Lipinski definition) is 2. The van der Waals surface area contributed by atoms with E-state index >= 15 is 0 Å². The zero-order valence-electron chi connectivity index (χ0n) is 10.1. The highest BCUT2D eigenvalue weighted by molar-refractivity contribution is 9.10. The second-order valence-corrected chi connectivity index (χ2v) is 6.26. The van der Waals surface area contributed by atoms with Gasteiger partial charge in [0.15, 0.2) is 0 Å². The summed E-state index contributed by atoms with van der Waals surface area (Å²) in [4.78, 5) is 1.29. The Bertz CT molecular complexity index is 499. The van der Waals surface area contributed by atoms with Crippen LogP contribution in [0.2, 0.25) is 5.02 Å². The van der Waals surface area contributed by atoms with Crippen molar-refractivity contribution >= 4 is 38.9 Å². The maximum atomic E-state index is 6.40. The van der Waals surface area contributed by atoms with Gasteiger partial charge in [-0.1, -0.05) is 36.7 Å². The Balaban J connectivity index is 2.37. The van der Waals surface area contributed by atoms with Gasteiger partial charge in [-0.3, -0.25) is 0 Å². The highest BCUT2D eigenvalue weighted by Gasteiger charge is 2.18. The van der Waals surface area contributed by atoms with Gasteiger partial charge in [-0.2, -0.15) is 0 Å². The summed E-state index contributed by atoms with van der Waals surface area (Å²) in [6.45, 7) is 3.15. The summed E-state index contributed by atoms with van der Waals surface area (Å²) in [5.41, 5.74) is 1.13. The smallest absolute Gasteiger partial charge is 0.0686 e. The van der Waals surface area contributed by atoms with E-state index in [4.69, 9.17) is 11.6 Å². The fourth-order valence-corrected chi connectivity index (χ4v) is 3.29. The monoisotopic (exact) mass is 343 g/mol. The van der Waals surface area contributed by atoms with Crippen molar-refractivity contribution in [2.75, 3.05) is 6.54 Å². The SMILES string of the molecule is CCCNC(c1cccs1)c1cccc(Br)c1Cl. The van der Waals surface area contributed by atoms with Crippen molar-refractivity contribution in [3.05, 3.63) is 55.6 Å². The number of nitrogens with one attached hydrogen (secondary N) is 1. The molecule has 18 heavy (non-hydrogen) atoms. The molecule has 0 fully saturated rings. The first-order valence-electron chi connectivity index (χ1n) is 5.94. The number of rotatable bonds is 5. The Hall–Kier alpha value is -0.350. The van der Waals surface area contributed by atoms with Crippen LogP contribution in [0.5, 0.6) is 0 Å². The van der Waals surface area contributed by atoms with E-state index in [-0.39, 0.29) is 6.04 Å². The topological polar surface area (TPSA) is 12.0 Å². The van der Waals surface area contributed by atoms with Gasteiger partial charge in [-0.05, 0) is 52.0 Å². The summed E-state index contributed by atoms with van der Waals surface area (Å²) in [6, 6.07) is 10.5. The lowest BCUT2D eigenvalue weighted by atomic mass is 10.1. The minimum atomic E-state index is 0.176. The molecule has 2 aromatic rings. The van der Waals surface area contributed by atoms with Crippen molar-refractivity contribution in [2.24, 2.45) is 0 Å². The van der Waals surface area contributed by atoms with E-state index in [1.54, 1.807) is 11.3 Å². The summed E-state index contributed by atoms with van der Waals surface area (Å²) in [6.07, 6.45) is 1.10. The number of hydrogen-bond donors (Lipinski definition) is 1. The maximum absolute atomic E-state index is 6.40. The zero-order valence-corrected chi connectivity index (χ0v) is 13.3. The molecule has 4 heteroatoms. The molecule has 1 atom stereocenters. The van der Waals surface area contributed by atoms with E-state index in [0.717, 1.165) is 28.0 Å². The van der Waals surface area contributed by atoms with Crippen molar-refractivity contribution < 1.29 is 0 Å². The number of halogens is 2. The molecule has 0 radical (unpaired) electrons. The van der Waals surface area contributed by atoms with Crippen LogP contribution in [-0.2, 0) is 0 Å². The van der Waals surface area contributed by atoms with Crippen molar-refractivity contribution in [1.82, 2.24) is 5.32 Å². The Morgan fingerprint density at radius 1 is 1.33 bits per heavy atom. The van der Waals surface area contributed by atoms with Crippen LogP contribution in [-0.4, -0.2) is 6.54 Å². The van der Waals surface area contributed by atoms with Crippen molar-refractivity contribution in [1.29, 1.82) is 0 Å². The largest absolute Gasteiger partial charge is 0.306 e. The predicted molar refractivity (Wildman–Crippen MR) is 83.6 cm³/mol. The third-order valence-electron chi connectivity index (χ3n) is 2.72. The molecule has 0 amide bonds. The Labute approximate surface area is 125 Å². The molecule has 0 bridgehead atoms. The zero-order chi connectivity index (χ0) is 13.0. The van der Waals surface area contributed by atoms with E-state index in [1.807, 2.05) is 12.1 Å². The molecule has 1 unspecified atom stereocenters.